The number of aromatic nitrogens is 4. The van der Waals surface area contributed by atoms with Gasteiger partial charge in [-0.3, -0.25) is 0 Å². The number of halogens is 2. The van der Waals surface area contributed by atoms with Gasteiger partial charge in [-0.25, -0.2) is 4.68 Å². The van der Waals surface area contributed by atoms with Crippen LogP contribution in [-0.2, 0) is 6.54 Å². The second-order valence-electron chi connectivity index (χ2n) is 2.42. The fourth-order valence-corrected chi connectivity index (χ4v) is 1.36. The first kappa shape index (κ1) is 11.3. The molecule has 0 amide bonds. The van der Waals surface area contributed by atoms with Crippen LogP contribution in [0.5, 0.6) is 0 Å². The third-order valence-electron chi connectivity index (χ3n) is 1.44. The fourth-order valence-electron chi connectivity index (χ4n) is 0.863. The van der Waals surface area contributed by atoms with E-state index in [9.17, 15) is 8.78 Å². The lowest BCUT2D eigenvalue weighted by Gasteiger charge is -2.03. The van der Waals surface area contributed by atoms with E-state index in [2.05, 4.69) is 20.8 Å². The topological polar surface area (TPSA) is 55.6 Å². The number of rotatable bonds is 6. The van der Waals surface area contributed by atoms with Crippen molar-refractivity contribution in [3.63, 3.8) is 0 Å². The zero-order chi connectivity index (χ0) is 10.4. The molecule has 1 aromatic rings. The van der Waals surface area contributed by atoms with Gasteiger partial charge in [-0.15, -0.1) is 5.10 Å². The Balaban J connectivity index is 2.45. The standard InChI is InChI=1S/C6H11F2N5S/c1-2-9-3-4-13-6(10-11-12-13)14-5(7)8/h5,9H,2-4H2,1H3. The van der Waals surface area contributed by atoms with Gasteiger partial charge in [0.15, 0.2) is 0 Å². The lowest BCUT2D eigenvalue weighted by atomic mass is 10.6. The van der Waals surface area contributed by atoms with Crippen LogP contribution in [0.4, 0.5) is 8.78 Å². The number of thioether (sulfide) groups is 1. The normalized spacial score (nSPS) is 11.1. The average molecular weight is 223 g/mol. The molecule has 0 atom stereocenters. The Labute approximate surface area is 84.2 Å². The summed E-state index contributed by atoms with van der Waals surface area (Å²) in [5, 5.41) is 13.6. The molecule has 0 saturated heterocycles. The minimum atomic E-state index is -2.49. The number of alkyl halides is 2. The third-order valence-corrected chi connectivity index (χ3v) is 2.13. The van der Waals surface area contributed by atoms with Crippen molar-refractivity contribution in [2.75, 3.05) is 13.1 Å². The molecule has 1 rings (SSSR count). The van der Waals surface area contributed by atoms with Crippen LogP contribution in [0.15, 0.2) is 5.16 Å². The van der Waals surface area contributed by atoms with Crippen LogP contribution in [-0.4, -0.2) is 39.1 Å². The minimum Gasteiger partial charge on any atom is -0.315 e. The summed E-state index contributed by atoms with van der Waals surface area (Å²) in [6, 6.07) is 0. The highest BCUT2D eigenvalue weighted by Gasteiger charge is 2.12. The Morgan fingerprint density at radius 1 is 1.57 bits per heavy atom. The molecule has 80 valence electrons. The Morgan fingerprint density at radius 3 is 3.00 bits per heavy atom. The third kappa shape index (κ3) is 3.54. The molecule has 5 nitrogen and oxygen atoms in total. The summed E-state index contributed by atoms with van der Waals surface area (Å²) >= 11 is 0.355. The Morgan fingerprint density at radius 2 is 2.36 bits per heavy atom. The van der Waals surface area contributed by atoms with E-state index in [1.165, 1.54) is 4.68 Å². The van der Waals surface area contributed by atoms with E-state index in [4.69, 9.17) is 0 Å². The van der Waals surface area contributed by atoms with Crippen LogP contribution in [0.1, 0.15) is 6.92 Å². The first-order valence-electron chi connectivity index (χ1n) is 4.15. The van der Waals surface area contributed by atoms with Crippen molar-refractivity contribution < 1.29 is 8.78 Å². The summed E-state index contributed by atoms with van der Waals surface area (Å²) in [4.78, 5) is 0. The van der Waals surface area contributed by atoms with E-state index in [1.54, 1.807) is 0 Å². The number of hydrogen-bond acceptors (Lipinski definition) is 5. The molecule has 8 heteroatoms. The van der Waals surface area contributed by atoms with Gasteiger partial charge in [-0.05, 0) is 28.7 Å². The maximum atomic E-state index is 12.0. The van der Waals surface area contributed by atoms with Gasteiger partial charge in [0.1, 0.15) is 0 Å². The smallest absolute Gasteiger partial charge is 0.291 e. The molecule has 0 saturated carbocycles. The van der Waals surface area contributed by atoms with E-state index in [-0.39, 0.29) is 5.16 Å². The summed E-state index contributed by atoms with van der Waals surface area (Å²) in [5.74, 6) is -2.49. The fraction of sp³-hybridized carbons (Fsp3) is 0.833. The molecule has 0 fully saturated rings. The van der Waals surface area contributed by atoms with Crippen molar-refractivity contribution in [2.24, 2.45) is 0 Å². The van der Waals surface area contributed by atoms with Gasteiger partial charge < -0.3 is 5.32 Å². The van der Waals surface area contributed by atoms with Gasteiger partial charge >= 0.3 is 0 Å². The predicted octanol–water partition coefficient (Wildman–Crippen LogP) is 0.597. The molecule has 0 aliphatic heterocycles. The number of tetrazole rings is 1. The second-order valence-corrected chi connectivity index (χ2v) is 3.37. The number of likely N-dealkylation sites (N-methyl/N-ethyl adjacent to an activating group) is 1. The highest BCUT2D eigenvalue weighted by Crippen LogP contribution is 2.21. The Hall–Kier alpha value is -0.760. The second kappa shape index (κ2) is 5.86. The molecule has 0 bridgehead atoms. The van der Waals surface area contributed by atoms with Crippen molar-refractivity contribution in [2.45, 2.75) is 24.4 Å². The van der Waals surface area contributed by atoms with Crippen molar-refractivity contribution in [1.82, 2.24) is 25.5 Å². The van der Waals surface area contributed by atoms with E-state index in [0.717, 1.165) is 6.54 Å². The van der Waals surface area contributed by atoms with Crippen molar-refractivity contribution in [3.8, 4) is 0 Å². The molecule has 1 heterocycles. The molecular formula is C6H11F2N5S. The van der Waals surface area contributed by atoms with Crippen LogP contribution < -0.4 is 5.32 Å². The summed E-state index contributed by atoms with van der Waals surface area (Å²) in [5.41, 5.74) is 0. The van der Waals surface area contributed by atoms with E-state index < -0.39 is 5.76 Å². The van der Waals surface area contributed by atoms with Gasteiger partial charge in [0.2, 0.25) is 5.16 Å². The molecule has 14 heavy (non-hydrogen) atoms. The lowest BCUT2D eigenvalue weighted by Crippen LogP contribution is -2.20. The van der Waals surface area contributed by atoms with Gasteiger partial charge in [0, 0.05) is 6.54 Å². The zero-order valence-corrected chi connectivity index (χ0v) is 8.47. The molecule has 0 aliphatic rings. The molecule has 0 aromatic carbocycles. The van der Waals surface area contributed by atoms with Gasteiger partial charge in [-0.2, -0.15) is 8.78 Å². The van der Waals surface area contributed by atoms with Crippen LogP contribution in [0, 0.1) is 0 Å². The van der Waals surface area contributed by atoms with Crippen LogP contribution in [0.2, 0.25) is 0 Å². The Bertz CT molecular complexity index is 266. The molecule has 1 N–H and O–H groups in total. The predicted molar refractivity (Wildman–Crippen MR) is 48.2 cm³/mol. The zero-order valence-electron chi connectivity index (χ0n) is 7.65. The highest BCUT2D eigenvalue weighted by molar-refractivity contribution is 7.99. The number of hydrogen-bond donors (Lipinski definition) is 1. The van der Waals surface area contributed by atoms with Crippen LogP contribution >= 0.6 is 11.8 Å². The quantitative estimate of drug-likeness (QED) is 0.565. The maximum absolute atomic E-state index is 12.0. The summed E-state index contributed by atoms with van der Waals surface area (Å²) in [6.07, 6.45) is 0. The minimum absolute atomic E-state index is 0.151. The largest absolute Gasteiger partial charge is 0.315 e. The number of nitrogens with one attached hydrogen (secondary N) is 1. The molecule has 0 radical (unpaired) electrons. The van der Waals surface area contributed by atoms with E-state index in [1.807, 2.05) is 6.92 Å². The van der Waals surface area contributed by atoms with E-state index in [0.29, 0.717) is 24.9 Å². The monoisotopic (exact) mass is 223 g/mol. The molecule has 1 aromatic heterocycles. The Kier molecular flexibility index (Phi) is 4.74. The summed E-state index contributed by atoms with van der Waals surface area (Å²) in [6.45, 7) is 3.96. The maximum Gasteiger partial charge on any atom is 0.291 e. The first-order chi connectivity index (χ1) is 6.74. The number of nitrogens with zero attached hydrogens (tertiary/aromatic N) is 4. The van der Waals surface area contributed by atoms with Gasteiger partial charge in [-0.1, -0.05) is 6.92 Å². The van der Waals surface area contributed by atoms with Crippen molar-refractivity contribution >= 4 is 11.8 Å². The molecule has 0 aliphatic carbocycles. The molecule has 0 unspecified atom stereocenters. The van der Waals surface area contributed by atoms with Crippen LogP contribution in [0.25, 0.3) is 0 Å². The summed E-state index contributed by atoms with van der Waals surface area (Å²) < 4.78 is 25.4. The van der Waals surface area contributed by atoms with Crippen LogP contribution in [0.3, 0.4) is 0 Å². The molecular weight excluding hydrogens is 212 g/mol. The van der Waals surface area contributed by atoms with Gasteiger partial charge in [0.05, 0.1) is 6.54 Å². The van der Waals surface area contributed by atoms with Crippen molar-refractivity contribution in [1.29, 1.82) is 0 Å². The van der Waals surface area contributed by atoms with E-state index >= 15 is 0 Å². The average Bonchev–Trinajstić information content (AvgIpc) is 2.52. The van der Waals surface area contributed by atoms with Crippen molar-refractivity contribution in [3.05, 3.63) is 0 Å². The SMILES string of the molecule is CCNCCn1nnnc1SC(F)F. The summed E-state index contributed by atoms with van der Waals surface area (Å²) in [7, 11) is 0. The highest BCUT2D eigenvalue weighted by atomic mass is 32.2. The molecule has 0 spiro atoms. The lowest BCUT2D eigenvalue weighted by molar-refractivity contribution is 0.251. The first-order valence-corrected chi connectivity index (χ1v) is 5.03. The van der Waals surface area contributed by atoms with Gasteiger partial charge in [0.25, 0.3) is 5.76 Å².